The van der Waals surface area contributed by atoms with Gasteiger partial charge in [-0.25, -0.2) is 0 Å². The number of benzene rings is 2. The molecule has 3 nitrogen and oxygen atoms in total. The Balaban J connectivity index is 1.89. The molecule has 1 amide bonds. The molecular weight excluding hydrogens is 375 g/mol. The third-order valence-corrected chi connectivity index (χ3v) is 5.66. The number of hydrogen-bond acceptors (Lipinski definition) is 2. The number of carbonyl (C=O) groups excluding carboxylic acids is 1. The Labute approximate surface area is 158 Å². The number of rotatable bonds is 5. The molecule has 1 aliphatic carbocycles. The van der Waals surface area contributed by atoms with Gasteiger partial charge in [0, 0.05) is 33.6 Å². The average Bonchev–Trinajstić information content (AvgIpc) is 3.46. The number of hydrogen-bond donors (Lipinski definition) is 0. The van der Waals surface area contributed by atoms with Crippen molar-refractivity contribution in [2.24, 2.45) is 0 Å². The summed E-state index contributed by atoms with van der Waals surface area (Å²) in [7, 11) is -1.14. The van der Waals surface area contributed by atoms with Gasteiger partial charge in [0.15, 0.2) is 0 Å². The molecule has 2 aromatic carbocycles. The highest BCUT2D eigenvalue weighted by atomic mass is 32.2. The van der Waals surface area contributed by atoms with Gasteiger partial charge in [-0.05, 0) is 61.7 Å². The van der Waals surface area contributed by atoms with Crippen molar-refractivity contribution < 1.29 is 22.2 Å². The first-order chi connectivity index (χ1) is 12.7. The summed E-state index contributed by atoms with van der Waals surface area (Å²) in [5.74, 6) is -0.226. The summed E-state index contributed by atoms with van der Waals surface area (Å²) in [6.45, 7) is 1.75. The third-order valence-electron chi connectivity index (χ3n) is 4.72. The fourth-order valence-electron chi connectivity index (χ4n) is 3.08. The Bertz CT molecular complexity index is 860. The minimum atomic E-state index is -4.42. The SMILES string of the molecule is C[C@H](c1cccc(C(F)(F)F)c1)N(C(=O)c1ccc([S@@](C)=O)cc1)C1CC1. The van der Waals surface area contributed by atoms with Gasteiger partial charge in [0.25, 0.3) is 5.91 Å². The fourth-order valence-corrected chi connectivity index (χ4v) is 3.60. The van der Waals surface area contributed by atoms with Crippen LogP contribution in [-0.2, 0) is 17.0 Å². The molecule has 1 fully saturated rings. The highest BCUT2D eigenvalue weighted by Crippen LogP contribution is 2.37. The van der Waals surface area contributed by atoms with Crippen molar-refractivity contribution in [3.05, 3.63) is 65.2 Å². The Morgan fingerprint density at radius 1 is 1.15 bits per heavy atom. The van der Waals surface area contributed by atoms with Crippen molar-refractivity contribution in [2.45, 2.75) is 42.9 Å². The van der Waals surface area contributed by atoms with Gasteiger partial charge in [0.05, 0.1) is 11.6 Å². The normalized spacial score (nSPS) is 16.6. The predicted molar refractivity (Wildman–Crippen MR) is 97.8 cm³/mol. The van der Waals surface area contributed by atoms with Crippen LogP contribution in [0, 0.1) is 0 Å². The van der Waals surface area contributed by atoms with Crippen LogP contribution in [0.2, 0.25) is 0 Å². The van der Waals surface area contributed by atoms with Crippen LogP contribution in [-0.4, -0.2) is 27.3 Å². The molecule has 2 aromatic rings. The van der Waals surface area contributed by atoms with Gasteiger partial charge in [-0.3, -0.25) is 9.00 Å². The van der Waals surface area contributed by atoms with Crippen molar-refractivity contribution in [3.63, 3.8) is 0 Å². The number of alkyl halides is 3. The van der Waals surface area contributed by atoms with Gasteiger partial charge in [-0.1, -0.05) is 12.1 Å². The molecule has 0 aromatic heterocycles. The largest absolute Gasteiger partial charge is 0.416 e. The lowest BCUT2D eigenvalue weighted by Crippen LogP contribution is -2.35. The summed E-state index contributed by atoms with van der Waals surface area (Å²) < 4.78 is 50.6. The van der Waals surface area contributed by atoms with Gasteiger partial charge < -0.3 is 4.90 Å². The molecule has 0 N–H and O–H groups in total. The second-order valence-corrected chi connectivity index (χ2v) is 8.10. The molecule has 7 heteroatoms. The van der Waals surface area contributed by atoms with Crippen LogP contribution in [0.25, 0.3) is 0 Å². The highest BCUT2D eigenvalue weighted by Gasteiger charge is 2.37. The summed E-state index contributed by atoms with van der Waals surface area (Å²) in [5.41, 5.74) is 0.177. The molecule has 27 heavy (non-hydrogen) atoms. The maximum Gasteiger partial charge on any atom is 0.416 e. The Morgan fingerprint density at radius 3 is 2.30 bits per heavy atom. The van der Waals surface area contributed by atoms with Crippen LogP contribution in [0.4, 0.5) is 13.2 Å². The van der Waals surface area contributed by atoms with Crippen LogP contribution < -0.4 is 0 Å². The van der Waals surface area contributed by atoms with Gasteiger partial charge in [0.2, 0.25) is 0 Å². The van der Waals surface area contributed by atoms with Crippen molar-refractivity contribution in [3.8, 4) is 0 Å². The Morgan fingerprint density at radius 2 is 1.78 bits per heavy atom. The van der Waals surface area contributed by atoms with E-state index in [0.29, 0.717) is 16.0 Å². The second kappa shape index (κ2) is 7.46. The van der Waals surface area contributed by atoms with Crippen LogP contribution in [0.1, 0.15) is 47.3 Å². The molecule has 0 bridgehead atoms. The summed E-state index contributed by atoms with van der Waals surface area (Å²) >= 11 is 0. The zero-order chi connectivity index (χ0) is 19.8. The first-order valence-electron chi connectivity index (χ1n) is 8.62. The van der Waals surface area contributed by atoms with Crippen LogP contribution in [0.5, 0.6) is 0 Å². The fraction of sp³-hybridized carbons (Fsp3) is 0.350. The van der Waals surface area contributed by atoms with E-state index >= 15 is 0 Å². The predicted octanol–water partition coefficient (Wildman–Crippen LogP) is 4.81. The van der Waals surface area contributed by atoms with Gasteiger partial charge in [0.1, 0.15) is 0 Å². The molecule has 144 valence electrons. The highest BCUT2D eigenvalue weighted by molar-refractivity contribution is 7.84. The van der Waals surface area contributed by atoms with Crippen molar-refractivity contribution in [2.75, 3.05) is 6.26 Å². The van der Waals surface area contributed by atoms with Gasteiger partial charge in [-0.2, -0.15) is 13.2 Å². The quantitative estimate of drug-likeness (QED) is 0.729. The van der Waals surface area contributed by atoms with E-state index in [1.54, 1.807) is 48.4 Å². The first kappa shape index (κ1) is 19.6. The lowest BCUT2D eigenvalue weighted by atomic mass is 10.0. The van der Waals surface area contributed by atoms with Gasteiger partial charge in [-0.15, -0.1) is 0 Å². The monoisotopic (exact) mass is 395 g/mol. The molecule has 0 radical (unpaired) electrons. The maximum atomic E-state index is 13.0. The summed E-state index contributed by atoms with van der Waals surface area (Å²) in [5, 5.41) is 0. The van der Waals surface area contributed by atoms with Crippen LogP contribution >= 0.6 is 0 Å². The number of carbonyl (C=O) groups is 1. The Hall–Kier alpha value is -2.15. The van der Waals surface area contributed by atoms with E-state index in [-0.39, 0.29) is 11.9 Å². The minimum absolute atomic E-state index is 0.0297. The summed E-state index contributed by atoms with van der Waals surface area (Å²) in [6.07, 6.45) is -1.18. The Kier molecular flexibility index (Phi) is 5.42. The molecule has 0 aliphatic heterocycles. The molecular formula is C20H20F3NO2S. The van der Waals surface area contributed by atoms with E-state index < -0.39 is 28.6 Å². The molecule has 2 atom stereocenters. The minimum Gasteiger partial charge on any atom is -0.329 e. The standard InChI is InChI=1S/C20H20F3NO2S/c1-13(15-4-3-5-16(12-15)20(21,22)23)24(17-8-9-17)19(25)14-6-10-18(11-7-14)27(2)26/h3-7,10-13,17H,8-9H2,1-2H3/t13-,27-/m1/s1. The van der Waals surface area contributed by atoms with Crippen molar-refractivity contribution in [1.29, 1.82) is 0 Å². The van der Waals surface area contributed by atoms with E-state index in [0.717, 1.165) is 25.0 Å². The van der Waals surface area contributed by atoms with Crippen molar-refractivity contribution in [1.82, 2.24) is 4.90 Å². The summed E-state index contributed by atoms with van der Waals surface area (Å²) in [6, 6.07) is 11.2. The number of amides is 1. The van der Waals surface area contributed by atoms with Crippen LogP contribution in [0.15, 0.2) is 53.4 Å². The van der Waals surface area contributed by atoms with E-state index in [1.807, 2.05) is 0 Å². The smallest absolute Gasteiger partial charge is 0.329 e. The van der Waals surface area contributed by atoms with E-state index in [2.05, 4.69) is 0 Å². The summed E-state index contributed by atoms with van der Waals surface area (Å²) in [4.78, 5) is 15.3. The zero-order valence-corrected chi connectivity index (χ0v) is 15.8. The molecule has 0 unspecified atom stereocenters. The molecule has 3 rings (SSSR count). The third kappa shape index (κ3) is 4.40. The van der Waals surface area contributed by atoms with Crippen LogP contribution in [0.3, 0.4) is 0 Å². The molecule has 1 saturated carbocycles. The lowest BCUT2D eigenvalue weighted by molar-refractivity contribution is -0.137. The zero-order valence-electron chi connectivity index (χ0n) is 15.0. The number of nitrogens with zero attached hydrogens (tertiary/aromatic N) is 1. The van der Waals surface area contributed by atoms with E-state index in [4.69, 9.17) is 0 Å². The molecule has 0 saturated heterocycles. The van der Waals surface area contributed by atoms with Crippen molar-refractivity contribution >= 4 is 16.7 Å². The van der Waals surface area contributed by atoms with E-state index in [1.165, 1.54) is 6.07 Å². The maximum absolute atomic E-state index is 13.0. The second-order valence-electron chi connectivity index (χ2n) is 6.72. The average molecular weight is 395 g/mol. The number of halogens is 3. The molecule has 1 aliphatic rings. The first-order valence-corrected chi connectivity index (χ1v) is 10.2. The molecule has 0 heterocycles. The van der Waals surface area contributed by atoms with E-state index in [9.17, 15) is 22.2 Å². The molecule has 0 spiro atoms. The van der Waals surface area contributed by atoms with Gasteiger partial charge >= 0.3 is 6.18 Å². The lowest BCUT2D eigenvalue weighted by Gasteiger charge is -2.30. The topological polar surface area (TPSA) is 37.4 Å².